The maximum absolute atomic E-state index is 11.9. The van der Waals surface area contributed by atoms with Crippen molar-refractivity contribution >= 4 is 32.5 Å². The van der Waals surface area contributed by atoms with Crippen LogP contribution < -0.4 is 0 Å². The highest BCUT2D eigenvalue weighted by Gasteiger charge is 2.15. The molecule has 114 valence electrons. The van der Waals surface area contributed by atoms with E-state index in [1.165, 1.54) is 0 Å². The number of rotatable bonds is 4. The van der Waals surface area contributed by atoms with Gasteiger partial charge in [0.05, 0.1) is 17.1 Å². The van der Waals surface area contributed by atoms with E-state index in [1.54, 1.807) is 25.1 Å². The lowest BCUT2D eigenvalue weighted by Crippen LogP contribution is -2.03. The maximum Gasteiger partial charge on any atom is 0.199 e. The highest BCUT2D eigenvalue weighted by Crippen LogP contribution is 2.24. The van der Waals surface area contributed by atoms with Gasteiger partial charge in [0, 0.05) is 5.02 Å². The van der Waals surface area contributed by atoms with Crippen LogP contribution in [0.4, 0.5) is 0 Å². The van der Waals surface area contributed by atoms with Crippen LogP contribution in [-0.4, -0.2) is 19.2 Å². The second-order valence-electron chi connectivity index (χ2n) is 4.91. The number of halogens is 1. The van der Waals surface area contributed by atoms with E-state index in [0.717, 1.165) is 5.56 Å². The summed E-state index contributed by atoms with van der Waals surface area (Å²) in [6.45, 7) is 1.62. The van der Waals surface area contributed by atoms with E-state index in [4.69, 9.17) is 16.0 Å². The predicted octanol–water partition coefficient (Wildman–Crippen LogP) is 3.87. The van der Waals surface area contributed by atoms with E-state index in [1.807, 2.05) is 24.3 Å². The number of hydrogen-bond acceptors (Lipinski definition) is 4. The summed E-state index contributed by atoms with van der Waals surface area (Å²) in [6.07, 6.45) is 0.463. The molecule has 6 heteroatoms. The number of hydrogen-bond donors (Lipinski definition) is 0. The SMILES string of the molecule is CCS(=O)(=O)c1ccc2oc(Cc3ccccc3Cl)nc2c1. The van der Waals surface area contributed by atoms with E-state index < -0.39 is 9.84 Å². The molecule has 3 rings (SSSR count). The molecule has 1 heterocycles. The Labute approximate surface area is 133 Å². The van der Waals surface area contributed by atoms with Gasteiger partial charge >= 0.3 is 0 Å². The molecule has 0 amide bonds. The predicted molar refractivity (Wildman–Crippen MR) is 86.0 cm³/mol. The van der Waals surface area contributed by atoms with Gasteiger partial charge in [-0.15, -0.1) is 0 Å². The number of aromatic nitrogens is 1. The van der Waals surface area contributed by atoms with Crippen molar-refractivity contribution in [1.29, 1.82) is 0 Å². The molecular weight excluding hydrogens is 322 g/mol. The van der Waals surface area contributed by atoms with Gasteiger partial charge in [-0.25, -0.2) is 13.4 Å². The quantitative estimate of drug-likeness (QED) is 0.726. The van der Waals surface area contributed by atoms with Crippen LogP contribution in [0.3, 0.4) is 0 Å². The minimum Gasteiger partial charge on any atom is -0.440 e. The Bertz CT molecular complexity index is 931. The molecule has 22 heavy (non-hydrogen) atoms. The van der Waals surface area contributed by atoms with Gasteiger partial charge in [0.1, 0.15) is 5.52 Å². The van der Waals surface area contributed by atoms with Crippen molar-refractivity contribution in [3.63, 3.8) is 0 Å². The van der Waals surface area contributed by atoms with Crippen molar-refractivity contribution < 1.29 is 12.8 Å². The summed E-state index contributed by atoms with van der Waals surface area (Å²) in [7, 11) is -3.25. The fourth-order valence-electron chi connectivity index (χ4n) is 2.20. The zero-order valence-electron chi connectivity index (χ0n) is 11.9. The zero-order chi connectivity index (χ0) is 15.7. The Morgan fingerprint density at radius 2 is 1.95 bits per heavy atom. The summed E-state index contributed by atoms with van der Waals surface area (Å²) in [5.41, 5.74) is 2.02. The van der Waals surface area contributed by atoms with Crippen LogP contribution in [0.1, 0.15) is 18.4 Å². The molecule has 0 spiro atoms. The molecule has 0 radical (unpaired) electrons. The van der Waals surface area contributed by atoms with Crippen molar-refractivity contribution in [2.45, 2.75) is 18.2 Å². The summed E-state index contributed by atoms with van der Waals surface area (Å²) < 4.78 is 29.5. The van der Waals surface area contributed by atoms with Gasteiger partial charge in [-0.05, 0) is 29.8 Å². The van der Waals surface area contributed by atoms with Crippen LogP contribution in [0.5, 0.6) is 0 Å². The molecule has 2 aromatic carbocycles. The summed E-state index contributed by atoms with van der Waals surface area (Å²) in [6, 6.07) is 12.2. The van der Waals surface area contributed by atoms with Gasteiger partial charge in [-0.3, -0.25) is 0 Å². The maximum atomic E-state index is 11.9. The van der Waals surface area contributed by atoms with Crippen LogP contribution in [0.2, 0.25) is 5.02 Å². The fourth-order valence-corrected chi connectivity index (χ4v) is 3.30. The van der Waals surface area contributed by atoms with Gasteiger partial charge in [0.15, 0.2) is 21.3 Å². The molecule has 0 saturated carbocycles. The van der Waals surface area contributed by atoms with Crippen molar-refractivity contribution in [2.24, 2.45) is 0 Å². The summed E-state index contributed by atoms with van der Waals surface area (Å²) in [5.74, 6) is 0.567. The standard InChI is InChI=1S/C16H14ClNO3S/c1-2-22(19,20)12-7-8-15-14(10-12)18-16(21-15)9-11-5-3-4-6-13(11)17/h3-8,10H,2,9H2,1H3. The van der Waals surface area contributed by atoms with Gasteiger partial charge in [-0.2, -0.15) is 0 Å². The van der Waals surface area contributed by atoms with Crippen molar-refractivity contribution in [1.82, 2.24) is 4.98 Å². The lowest BCUT2D eigenvalue weighted by atomic mass is 10.1. The van der Waals surface area contributed by atoms with Crippen molar-refractivity contribution in [3.8, 4) is 0 Å². The molecule has 1 aromatic heterocycles. The van der Waals surface area contributed by atoms with Crippen molar-refractivity contribution in [3.05, 3.63) is 58.9 Å². The molecule has 3 aromatic rings. The minimum absolute atomic E-state index is 0.0584. The van der Waals surface area contributed by atoms with Crippen LogP contribution in [-0.2, 0) is 16.3 Å². The first-order valence-electron chi connectivity index (χ1n) is 6.85. The minimum atomic E-state index is -3.25. The average molecular weight is 336 g/mol. The molecule has 4 nitrogen and oxygen atoms in total. The highest BCUT2D eigenvalue weighted by atomic mass is 35.5. The molecule has 0 aliphatic rings. The summed E-state index contributed by atoms with van der Waals surface area (Å²) in [5, 5.41) is 0.652. The largest absolute Gasteiger partial charge is 0.440 e. The lowest BCUT2D eigenvalue weighted by molar-refractivity contribution is 0.544. The topological polar surface area (TPSA) is 60.2 Å². The number of oxazole rings is 1. The summed E-state index contributed by atoms with van der Waals surface area (Å²) in [4.78, 5) is 4.63. The first-order chi connectivity index (χ1) is 10.5. The number of benzene rings is 2. The third-order valence-electron chi connectivity index (χ3n) is 3.44. The third kappa shape index (κ3) is 2.87. The molecule has 0 aliphatic heterocycles. The highest BCUT2D eigenvalue weighted by molar-refractivity contribution is 7.91. The van der Waals surface area contributed by atoms with E-state index in [-0.39, 0.29) is 10.6 Å². The lowest BCUT2D eigenvalue weighted by Gasteiger charge is -1.99. The van der Waals surface area contributed by atoms with E-state index in [0.29, 0.717) is 28.4 Å². The Balaban J connectivity index is 1.99. The third-order valence-corrected chi connectivity index (χ3v) is 5.54. The molecule has 0 atom stereocenters. The van der Waals surface area contributed by atoms with E-state index in [2.05, 4.69) is 4.98 Å². The number of sulfone groups is 1. The zero-order valence-corrected chi connectivity index (χ0v) is 13.5. The Morgan fingerprint density at radius 3 is 2.68 bits per heavy atom. The number of fused-ring (bicyclic) bond motifs is 1. The van der Waals surface area contributed by atoms with E-state index in [9.17, 15) is 8.42 Å². The van der Waals surface area contributed by atoms with Gasteiger partial charge < -0.3 is 4.42 Å². The average Bonchev–Trinajstić information content (AvgIpc) is 2.91. The van der Waals surface area contributed by atoms with Gasteiger partial charge in [-0.1, -0.05) is 36.7 Å². The molecule has 0 unspecified atom stereocenters. The smallest absolute Gasteiger partial charge is 0.199 e. The molecule has 0 aliphatic carbocycles. The monoisotopic (exact) mass is 335 g/mol. The molecule has 0 fully saturated rings. The number of nitrogens with zero attached hydrogens (tertiary/aromatic N) is 1. The molecule has 0 bridgehead atoms. The van der Waals surface area contributed by atoms with Gasteiger partial charge in [0.2, 0.25) is 0 Å². The van der Waals surface area contributed by atoms with Crippen molar-refractivity contribution in [2.75, 3.05) is 5.75 Å². The fraction of sp³-hybridized carbons (Fsp3) is 0.188. The Kier molecular flexibility index (Phi) is 3.93. The van der Waals surface area contributed by atoms with Crippen LogP contribution in [0.15, 0.2) is 51.8 Å². The summed E-state index contributed by atoms with van der Waals surface area (Å²) >= 11 is 6.13. The normalized spacial score (nSPS) is 11.9. The van der Waals surface area contributed by atoms with Gasteiger partial charge in [0.25, 0.3) is 0 Å². The van der Waals surface area contributed by atoms with Crippen LogP contribution in [0, 0.1) is 0 Å². The first-order valence-corrected chi connectivity index (χ1v) is 8.88. The molecular formula is C16H14ClNO3S. The Hall–Kier alpha value is -1.85. The second kappa shape index (κ2) is 5.74. The van der Waals surface area contributed by atoms with Crippen LogP contribution >= 0.6 is 11.6 Å². The molecule has 0 N–H and O–H groups in total. The first kappa shape index (κ1) is 15.1. The van der Waals surface area contributed by atoms with Crippen LogP contribution in [0.25, 0.3) is 11.1 Å². The Morgan fingerprint density at radius 1 is 1.18 bits per heavy atom. The molecule has 0 saturated heterocycles. The second-order valence-corrected chi connectivity index (χ2v) is 7.59. The van der Waals surface area contributed by atoms with E-state index >= 15 is 0 Å².